The van der Waals surface area contributed by atoms with Crippen LogP contribution in [0.4, 0.5) is 22.2 Å². The molecule has 0 radical (unpaired) electrons. The summed E-state index contributed by atoms with van der Waals surface area (Å²) in [5.74, 6) is 0. The predicted molar refractivity (Wildman–Crippen MR) is 146 cm³/mol. The fourth-order valence-corrected chi connectivity index (χ4v) is 6.63. The van der Waals surface area contributed by atoms with Crippen molar-refractivity contribution in [3.05, 3.63) is 70.2 Å². The first-order valence-electron chi connectivity index (χ1n) is 12.8. The van der Waals surface area contributed by atoms with Gasteiger partial charge in [-0.05, 0) is 75.8 Å². The maximum atomic E-state index is 4.59. The van der Waals surface area contributed by atoms with Gasteiger partial charge in [0.1, 0.15) is 6.54 Å². The lowest BCUT2D eigenvalue weighted by molar-refractivity contribution is -0.433. The van der Waals surface area contributed by atoms with E-state index in [4.69, 9.17) is 0 Å². The lowest BCUT2D eigenvalue weighted by Gasteiger charge is -2.36. The molecule has 2 aromatic carbocycles. The van der Waals surface area contributed by atoms with Crippen molar-refractivity contribution in [3.8, 4) is 0 Å². The molecule has 0 fully saturated rings. The van der Waals surface area contributed by atoms with E-state index < -0.39 is 0 Å². The molecule has 35 heavy (non-hydrogen) atoms. The third kappa shape index (κ3) is 3.94. The number of para-hydroxylation sites is 1. The van der Waals surface area contributed by atoms with Crippen LogP contribution in [-0.2, 0) is 18.3 Å². The molecule has 0 saturated heterocycles. The molecule has 6 rings (SSSR count). The van der Waals surface area contributed by atoms with E-state index in [1.165, 1.54) is 59.7 Å². The minimum Gasteiger partial charge on any atom is -0.371 e. The van der Waals surface area contributed by atoms with Crippen molar-refractivity contribution >= 4 is 45.3 Å². The monoisotopic (exact) mass is 482 g/mol. The Hall–Kier alpha value is -3.12. The quantitative estimate of drug-likeness (QED) is 0.281. The Bertz CT molecular complexity index is 1350. The second-order valence-electron chi connectivity index (χ2n) is 10.2. The molecule has 3 aliphatic heterocycles. The van der Waals surface area contributed by atoms with Gasteiger partial charge in [0.25, 0.3) is 0 Å². The Labute approximate surface area is 211 Å². The first kappa shape index (κ1) is 22.4. The Morgan fingerprint density at radius 1 is 1.06 bits per heavy atom. The number of fused-ring (bicyclic) bond motifs is 1. The lowest BCUT2D eigenvalue weighted by Crippen LogP contribution is -2.34. The molecule has 0 bridgehead atoms. The van der Waals surface area contributed by atoms with E-state index in [2.05, 4.69) is 94.0 Å². The van der Waals surface area contributed by atoms with Crippen LogP contribution in [0.3, 0.4) is 0 Å². The molecule has 1 aromatic heterocycles. The molecule has 0 unspecified atom stereocenters. The van der Waals surface area contributed by atoms with Crippen LogP contribution in [0.25, 0.3) is 6.08 Å². The molecule has 0 amide bonds. The number of anilines is 1. The van der Waals surface area contributed by atoms with Crippen LogP contribution in [0, 0.1) is 0 Å². The van der Waals surface area contributed by atoms with E-state index in [0.29, 0.717) is 5.13 Å². The molecule has 0 saturated carbocycles. The summed E-state index contributed by atoms with van der Waals surface area (Å²) < 4.78 is 2.41. The molecular formula is C29H32N5S+. The summed E-state index contributed by atoms with van der Waals surface area (Å²) >= 11 is 1.58. The fraction of sp³-hybridized carbons (Fsp3) is 0.379. The van der Waals surface area contributed by atoms with Crippen LogP contribution in [0.5, 0.6) is 0 Å². The molecule has 4 heterocycles. The van der Waals surface area contributed by atoms with E-state index in [1.54, 1.807) is 11.3 Å². The van der Waals surface area contributed by atoms with Crippen molar-refractivity contribution in [2.75, 3.05) is 24.5 Å². The lowest BCUT2D eigenvalue weighted by atomic mass is 9.81. The van der Waals surface area contributed by atoms with Crippen LogP contribution in [0.1, 0.15) is 55.2 Å². The number of aryl methyl sites for hydroxylation is 2. The standard InChI is InChI=1S/C29H32N5S/c1-4-34-25-12-6-5-11-24(25)29(2,3)26(34)14-13-23-19-30-28(35-23)32-31-22-17-20-9-7-15-33-16-8-10-21(18-22)27(20)33/h5-6,11-14,17-19H,4,7-10,15-16H2,1-3H3/q+1. The van der Waals surface area contributed by atoms with Crippen molar-refractivity contribution in [3.63, 3.8) is 0 Å². The highest BCUT2D eigenvalue weighted by Crippen LogP contribution is 2.40. The van der Waals surface area contributed by atoms with E-state index in [0.717, 1.165) is 30.0 Å². The summed E-state index contributed by atoms with van der Waals surface area (Å²) in [6, 6.07) is 13.2. The highest BCUT2D eigenvalue weighted by atomic mass is 32.1. The maximum absolute atomic E-state index is 4.59. The summed E-state index contributed by atoms with van der Waals surface area (Å²) in [5, 5.41) is 9.78. The van der Waals surface area contributed by atoms with Gasteiger partial charge < -0.3 is 4.90 Å². The zero-order valence-electron chi connectivity index (χ0n) is 20.8. The number of benzene rings is 2. The topological polar surface area (TPSA) is 43.9 Å². The molecule has 3 aliphatic rings. The van der Waals surface area contributed by atoms with E-state index >= 15 is 0 Å². The second-order valence-corrected chi connectivity index (χ2v) is 11.2. The summed E-state index contributed by atoms with van der Waals surface area (Å²) in [6.07, 6.45) is 11.1. The summed E-state index contributed by atoms with van der Waals surface area (Å²) in [7, 11) is 0. The second kappa shape index (κ2) is 8.83. The van der Waals surface area contributed by atoms with Crippen molar-refractivity contribution < 1.29 is 4.58 Å². The summed E-state index contributed by atoms with van der Waals surface area (Å²) in [4.78, 5) is 8.16. The van der Waals surface area contributed by atoms with Gasteiger partial charge in [-0.3, -0.25) is 0 Å². The number of allylic oxidation sites excluding steroid dienone is 1. The van der Waals surface area contributed by atoms with Crippen LogP contribution in [0.15, 0.2) is 58.9 Å². The van der Waals surface area contributed by atoms with Crippen molar-refractivity contribution in [1.29, 1.82) is 0 Å². The van der Waals surface area contributed by atoms with Gasteiger partial charge in [-0.1, -0.05) is 29.5 Å². The van der Waals surface area contributed by atoms with Gasteiger partial charge in [0.15, 0.2) is 5.71 Å². The molecule has 3 aromatic rings. The average molecular weight is 483 g/mol. The van der Waals surface area contributed by atoms with Gasteiger partial charge in [0.2, 0.25) is 10.8 Å². The van der Waals surface area contributed by atoms with Crippen LogP contribution < -0.4 is 4.90 Å². The Morgan fingerprint density at radius 2 is 1.80 bits per heavy atom. The van der Waals surface area contributed by atoms with Crippen LogP contribution in [-0.4, -0.2) is 34.9 Å². The van der Waals surface area contributed by atoms with Gasteiger partial charge in [0.05, 0.1) is 11.1 Å². The molecule has 0 spiro atoms. The normalized spacial score (nSPS) is 18.5. The average Bonchev–Trinajstić information content (AvgIpc) is 3.41. The van der Waals surface area contributed by atoms with E-state index in [1.807, 2.05) is 6.20 Å². The van der Waals surface area contributed by atoms with Crippen molar-refractivity contribution in [1.82, 2.24) is 4.98 Å². The van der Waals surface area contributed by atoms with Gasteiger partial charge in [-0.2, -0.15) is 4.58 Å². The Kier molecular flexibility index (Phi) is 5.64. The van der Waals surface area contributed by atoms with Crippen LogP contribution >= 0.6 is 11.3 Å². The Balaban J connectivity index is 1.23. The summed E-state index contributed by atoms with van der Waals surface area (Å²) in [5.41, 5.74) is 9.27. The number of nitrogens with zero attached hydrogens (tertiary/aromatic N) is 5. The summed E-state index contributed by atoms with van der Waals surface area (Å²) in [6.45, 7) is 10.1. The van der Waals surface area contributed by atoms with Crippen molar-refractivity contribution in [2.45, 2.75) is 51.9 Å². The highest BCUT2D eigenvalue weighted by molar-refractivity contribution is 7.16. The molecule has 0 atom stereocenters. The highest BCUT2D eigenvalue weighted by Gasteiger charge is 2.43. The molecule has 6 heteroatoms. The van der Waals surface area contributed by atoms with Crippen LogP contribution in [0.2, 0.25) is 0 Å². The number of rotatable bonds is 5. The number of hydrogen-bond acceptors (Lipinski definition) is 5. The first-order chi connectivity index (χ1) is 17.0. The Morgan fingerprint density at radius 3 is 2.54 bits per heavy atom. The minimum absolute atomic E-state index is 0.0291. The number of hydrogen-bond donors (Lipinski definition) is 0. The third-order valence-electron chi connectivity index (χ3n) is 7.60. The zero-order valence-corrected chi connectivity index (χ0v) is 21.6. The fourth-order valence-electron chi connectivity index (χ4n) is 5.99. The van der Waals surface area contributed by atoms with E-state index in [-0.39, 0.29) is 5.41 Å². The smallest absolute Gasteiger partial charge is 0.230 e. The predicted octanol–water partition coefficient (Wildman–Crippen LogP) is 7.37. The molecular weight excluding hydrogens is 450 g/mol. The van der Waals surface area contributed by atoms with Crippen molar-refractivity contribution in [2.24, 2.45) is 10.2 Å². The zero-order chi connectivity index (χ0) is 24.0. The largest absolute Gasteiger partial charge is 0.371 e. The molecule has 178 valence electrons. The number of azo groups is 1. The van der Waals surface area contributed by atoms with Gasteiger partial charge in [0, 0.05) is 47.6 Å². The minimum atomic E-state index is -0.0291. The van der Waals surface area contributed by atoms with E-state index in [9.17, 15) is 0 Å². The maximum Gasteiger partial charge on any atom is 0.230 e. The first-order valence-corrected chi connectivity index (χ1v) is 13.6. The van der Waals surface area contributed by atoms with Gasteiger partial charge in [-0.15, -0.1) is 10.2 Å². The number of thiazole rings is 1. The van der Waals surface area contributed by atoms with Gasteiger partial charge in [-0.25, -0.2) is 4.98 Å². The number of aromatic nitrogens is 1. The molecule has 0 aliphatic carbocycles. The molecule has 0 N–H and O–H groups in total. The molecule has 5 nitrogen and oxygen atoms in total. The third-order valence-corrected chi connectivity index (χ3v) is 8.45. The van der Waals surface area contributed by atoms with Gasteiger partial charge >= 0.3 is 0 Å². The SMILES string of the molecule is CC[N+]1=C(/C=C/c2cnc(N=Nc3cc4c5c(c3)CCCN5CCC4)s2)C(C)(C)c2ccccc21.